The molecule has 3 aliphatic rings. The second-order valence-electron chi connectivity index (χ2n) is 8.72. The van der Waals surface area contributed by atoms with E-state index in [-0.39, 0.29) is 24.3 Å². The summed E-state index contributed by atoms with van der Waals surface area (Å²) in [4.78, 5) is 55.6. The van der Waals surface area contributed by atoms with Gasteiger partial charge in [0.1, 0.15) is 12.2 Å². The smallest absolute Gasteiger partial charge is 0.258 e. The fraction of sp³-hybridized carbons (Fsp3) is 0.333. The van der Waals surface area contributed by atoms with Crippen LogP contribution in [0.3, 0.4) is 0 Å². The average Bonchev–Trinajstić information content (AvgIpc) is 3.34. The van der Waals surface area contributed by atoms with Gasteiger partial charge in [-0.1, -0.05) is 23.7 Å². The molecule has 3 aliphatic heterocycles. The number of carbonyl (C=O) groups excluding carboxylic acids is 4. The fourth-order valence-electron chi connectivity index (χ4n) is 4.99. The van der Waals surface area contributed by atoms with E-state index < -0.39 is 11.6 Å². The van der Waals surface area contributed by atoms with E-state index in [1.54, 1.807) is 52.3 Å². The van der Waals surface area contributed by atoms with Gasteiger partial charge < -0.3 is 15.1 Å². The van der Waals surface area contributed by atoms with Crippen LogP contribution in [0.5, 0.6) is 0 Å². The van der Waals surface area contributed by atoms with Crippen molar-refractivity contribution < 1.29 is 19.2 Å². The molecule has 1 N–H and O–H groups in total. The Labute approximate surface area is 196 Å². The Kier molecular flexibility index (Phi) is 5.12. The molecule has 2 aromatic carbocycles. The molecule has 33 heavy (non-hydrogen) atoms. The monoisotopic (exact) mass is 466 g/mol. The molecule has 4 amide bonds. The highest BCUT2D eigenvalue weighted by Gasteiger charge is 2.53. The number of nitrogens with zero attached hydrogens (tertiary/aromatic N) is 3. The van der Waals surface area contributed by atoms with Gasteiger partial charge in [-0.25, -0.2) is 0 Å². The first-order valence-corrected chi connectivity index (χ1v) is 11.3. The lowest BCUT2D eigenvalue weighted by atomic mass is 9.98. The minimum absolute atomic E-state index is 0.0292. The predicted molar refractivity (Wildman–Crippen MR) is 124 cm³/mol. The molecular formula is C24H23ClN4O4. The normalized spacial score (nSPS) is 22.0. The maximum atomic E-state index is 13.3. The molecule has 0 spiro atoms. The number of fused-ring (bicyclic) bond motifs is 3. The summed E-state index contributed by atoms with van der Waals surface area (Å²) in [6.07, 6.45) is 2.05. The summed E-state index contributed by atoms with van der Waals surface area (Å²) in [5.74, 6) is -0.720. The summed E-state index contributed by atoms with van der Waals surface area (Å²) in [7, 11) is 0. The zero-order valence-corrected chi connectivity index (χ0v) is 18.9. The Morgan fingerprint density at radius 3 is 2.58 bits per heavy atom. The van der Waals surface area contributed by atoms with Gasteiger partial charge in [0, 0.05) is 25.1 Å². The zero-order valence-electron chi connectivity index (χ0n) is 18.1. The number of anilines is 3. The van der Waals surface area contributed by atoms with E-state index in [9.17, 15) is 19.2 Å². The van der Waals surface area contributed by atoms with Crippen LogP contribution >= 0.6 is 11.6 Å². The van der Waals surface area contributed by atoms with Crippen LogP contribution in [0.15, 0.2) is 42.5 Å². The summed E-state index contributed by atoms with van der Waals surface area (Å²) in [5, 5.41) is 3.15. The number of carbonyl (C=O) groups is 4. The van der Waals surface area contributed by atoms with Gasteiger partial charge >= 0.3 is 0 Å². The Morgan fingerprint density at radius 1 is 1.06 bits per heavy atom. The van der Waals surface area contributed by atoms with Crippen molar-refractivity contribution in [2.24, 2.45) is 0 Å². The van der Waals surface area contributed by atoms with E-state index in [0.29, 0.717) is 53.5 Å². The van der Waals surface area contributed by atoms with Crippen LogP contribution in [-0.4, -0.2) is 47.3 Å². The molecule has 0 aliphatic carbocycles. The lowest BCUT2D eigenvalue weighted by Gasteiger charge is -2.48. The number of rotatable bonds is 4. The number of amides is 4. The molecule has 0 radical (unpaired) electrons. The highest BCUT2D eigenvalue weighted by atomic mass is 35.5. The van der Waals surface area contributed by atoms with E-state index in [0.717, 1.165) is 6.42 Å². The number of nitrogens with one attached hydrogen (secondary N) is 1. The van der Waals surface area contributed by atoms with Crippen LogP contribution in [-0.2, 0) is 14.4 Å². The van der Waals surface area contributed by atoms with E-state index >= 15 is 0 Å². The van der Waals surface area contributed by atoms with E-state index in [4.69, 9.17) is 11.6 Å². The van der Waals surface area contributed by atoms with Crippen molar-refractivity contribution in [1.29, 1.82) is 0 Å². The van der Waals surface area contributed by atoms with Gasteiger partial charge in [-0.15, -0.1) is 0 Å². The largest absolute Gasteiger partial charge is 0.324 e. The lowest BCUT2D eigenvalue weighted by Crippen LogP contribution is -2.63. The van der Waals surface area contributed by atoms with E-state index in [2.05, 4.69) is 5.32 Å². The Hall–Kier alpha value is -3.39. The van der Waals surface area contributed by atoms with E-state index in [1.807, 2.05) is 6.92 Å². The number of halogens is 1. The molecule has 3 heterocycles. The minimum Gasteiger partial charge on any atom is -0.324 e. The van der Waals surface area contributed by atoms with Gasteiger partial charge in [-0.2, -0.15) is 0 Å². The second kappa shape index (κ2) is 7.88. The van der Waals surface area contributed by atoms with Crippen LogP contribution in [0, 0.1) is 0 Å². The Morgan fingerprint density at radius 2 is 1.85 bits per heavy atom. The summed E-state index contributed by atoms with van der Waals surface area (Å²) in [5.41, 5.74) is 1.17. The van der Waals surface area contributed by atoms with Crippen LogP contribution in [0.2, 0.25) is 5.02 Å². The number of hydrogen-bond donors (Lipinski definition) is 1. The van der Waals surface area contributed by atoms with Crippen LogP contribution in [0.25, 0.3) is 0 Å². The molecule has 0 bridgehead atoms. The highest BCUT2D eigenvalue weighted by molar-refractivity contribution is 6.34. The molecule has 2 fully saturated rings. The standard InChI is InChI=1S/C24H23ClN4O4/c1-24-11-10-22(32)29(24)18-6-3-2-5-16(18)23(33)28(24)14-20(30)26-15-8-9-19(17(25)13-15)27-12-4-7-21(27)31/h2-3,5-6,8-9,13H,4,7,10-12,14H2,1H3,(H,26,30)/t24-/m1/s1. The third kappa shape index (κ3) is 3.45. The molecule has 5 rings (SSSR count). The molecule has 0 saturated carbocycles. The van der Waals surface area contributed by atoms with Crippen molar-refractivity contribution in [3.8, 4) is 0 Å². The van der Waals surface area contributed by atoms with Gasteiger partial charge in [0.05, 0.1) is 22.0 Å². The minimum atomic E-state index is -0.905. The van der Waals surface area contributed by atoms with Gasteiger partial charge in [0.25, 0.3) is 5.91 Å². The maximum Gasteiger partial charge on any atom is 0.258 e. The quantitative estimate of drug-likeness (QED) is 0.747. The van der Waals surface area contributed by atoms with Gasteiger partial charge in [-0.05, 0) is 50.1 Å². The molecule has 8 nitrogen and oxygen atoms in total. The summed E-state index contributed by atoms with van der Waals surface area (Å²) in [6, 6.07) is 12.0. The van der Waals surface area contributed by atoms with Gasteiger partial charge in [0.15, 0.2) is 0 Å². The number of para-hydroxylation sites is 1. The van der Waals surface area contributed by atoms with Gasteiger partial charge in [-0.3, -0.25) is 24.1 Å². The van der Waals surface area contributed by atoms with Crippen molar-refractivity contribution in [3.05, 3.63) is 53.1 Å². The Bertz CT molecular complexity index is 1200. The van der Waals surface area contributed by atoms with Crippen LogP contribution in [0.4, 0.5) is 17.1 Å². The first kappa shape index (κ1) is 21.5. The number of hydrogen-bond acceptors (Lipinski definition) is 4. The van der Waals surface area contributed by atoms with Crippen molar-refractivity contribution >= 4 is 52.3 Å². The van der Waals surface area contributed by atoms with Crippen LogP contribution < -0.4 is 15.1 Å². The summed E-state index contributed by atoms with van der Waals surface area (Å²) >= 11 is 6.39. The zero-order chi connectivity index (χ0) is 23.3. The van der Waals surface area contributed by atoms with Crippen molar-refractivity contribution in [1.82, 2.24) is 4.90 Å². The summed E-state index contributed by atoms with van der Waals surface area (Å²) in [6.45, 7) is 2.23. The predicted octanol–water partition coefficient (Wildman–Crippen LogP) is 3.40. The lowest BCUT2D eigenvalue weighted by molar-refractivity contribution is -0.120. The molecule has 2 aromatic rings. The van der Waals surface area contributed by atoms with E-state index in [1.165, 1.54) is 4.90 Å². The SMILES string of the molecule is C[C@]12CCC(=O)N1c1ccccc1C(=O)N2CC(=O)Nc1ccc(N2CCCC2=O)c(Cl)c1. The van der Waals surface area contributed by atoms with Crippen LogP contribution in [0.1, 0.15) is 43.0 Å². The maximum absolute atomic E-state index is 13.3. The average molecular weight is 467 g/mol. The molecule has 2 saturated heterocycles. The third-order valence-electron chi connectivity index (χ3n) is 6.64. The first-order chi connectivity index (χ1) is 15.8. The molecule has 1 atom stereocenters. The molecule has 0 unspecified atom stereocenters. The third-order valence-corrected chi connectivity index (χ3v) is 6.95. The van der Waals surface area contributed by atoms with Crippen molar-refractivity contribution in [2.75, 3.05) is 28.2 Å². The molecular weight excluding hydrogens is 444 g/mol. The van der Waals surface area contributed by atoms with Gasteiger partial charge in [0.2, 0.25) is 17.7 Å². The molecule has 170 valence electrons. The molecule has 9 heteroatoms. The van der Waals surface area contributed by atoms with Crippen molar-refractivity contribution in [3.63, 3.8) is 0 Å². The summed E-state index contributed by atoms with van der Waals surface area (Å²) < 4.78 is 0. The van der Waals surface area contributed by atoms with Crippen molar-refractivity contribution in [2.45, 2.75) is 38.3 Å². The fourth-order valence-corrected chi connectivity index (χ4v) is 5.27. The Balaban J connectivity index is 1.37. The second-order valence-corrected chi connectivity index (χ2v) is 9.13. The topological polar surface area (TPSA) is 90.0 Å². The molecule has 0 aromatic heterocycles. The number of benzene rings is 2. The highest BCUT2D eigenvalue weighted by Crippen LogP contribution is 2.43. The first-order valence-electron chi connectivity index (χ1n) is 10.9.